The van der Waals surface area contributed by atoms with Crippen molar-refractivity contribution in [3.05, 3.63) is 35.9 Å². The van der Waals surface area contributed by atoms with Crippen LogP contribution in [0.15, 0.2) is 35.2 Å². The van der Waals surface area contributed by atoms with Gasteiger partial charge in [0.15, 0.2) is 5.82 Å². The van der Waals surface area contributed by atoms with E-state index in [1.54, 1.807) is 13.0 Å². The van der Waals surface area contributed by atoms with Gasteiger partial charge in [-0.05, 0) is 43.0 Å². The number of hydrogen-bond donors (Lipinski definition) is 1. The van der Waals surface area contributed by atoms with Crippen LogP contribution in [0.5, 0.6) is 0 Å². The van der Waals surface area contributed by atoms with E-state index >= 15 is 0 Å². The molecule has 134 valence electrons. The minimum atomic E-state index is -3.51. The number of nitrogens with one attached hydrogen (secondary N) is 1. The smallest absolute Gasteiger partial charge is 0.240 e. The molecular weight excluding hydrogens is 336 g/mol. The molecular formula is C18H24N4O2S. The number of aromatic nitrogens is 2. The number of benzene rings is 1. The summed E-state index contributed by atoms with van der Waals surface area (Å²) in [7, 11) is -3.51. The molecule has 0 bridgehead atoms. The maximum Gasteiger partial charge on any atom is 0.240 e. The largest absolute Gasteiger partial charge is 0.355 e. The van der Waals surface area contributed by atoms with Gasteiger partial charge in [-0.3, -0.25) is 0 Å². The minimum Gasteiger partial charge on any atom is -0.355 e. The summed E-state index contributed by atoms with van der Waals surface area (Å²) in [4.78, 5) is 2.54. The Labute approximate surface area is 149 Å². The first-order valence-electron chi connectivity index (χ1n) is 8.76. The Hall–Kier alpha value is -1.99. The van der Waals surface area contributed by atoms with Crippen LogP contribution in [0.4, 0.5) is 5.82 Å². The number of rotatable bonds is 6. The zero-order chi connectivity index (χ0) is 17.9. The first-order chi connectivity index (χ1) is 12.0. The van der Waals surface area contributed by atoms with Gasteiger partial charge >= 0.3 is 0 Å². The van der Waals surface area contributed by atoms with Crippen LogP contribution >= 0.6 is 0 Å². The molecule has 0 saturated carbocycles. The lowest BCUT2D eigenvalue weighted by molar-refractivity contribution is 0.583. The molecule has 1 aliphatic heterocycles. The van der Waals surface area contributed by atoms with Crippen LogP contribution in [0.1, 0.15) is 32.3 Å². The number of nitrogens with zero attached hydrogens (tertiary/aromatic N) is 3. The highest BCUT2D eigenvalue weighted by Crippen LogP contribution is 2.26. The molecule has 6 nitrogen and oxygen atoms in total. The van der Waals surface area contributed by atoms with Gasteiger partial charge in [-0.25, -0.2) is 13.1 Å². The van der Waals surface area contributed by atoms with Gasteiger partial charge in [0.25, 0.3) is 0 Å². The van der Waals surface area contributed by atoms with Crippen LogP contribution in [0, 0.1) is 0 Å². The van der Waals surface area contributed by atoms with Crippen molar-refractivity contribution in [1.82, 2.24) is 14.9 Å². The predicted molar refractivity (Wildman–Crippen MR) is 99.2 cm³/mol. The lowest BCUT2D eigenvalue weighted by Crippen LogP contribution is -2.24. The van der Waals surface area contributed by atoms with Crippen molar-refractivity contribution >= 4 is 15.8 Å². The summed E-state index contributed by atoms with van der Waals surface area (Å²) >= 11 is 0. The van der Waals surface area contributed by atoms with Crippen LogP contribution in [0.25, 0.3) is 11.3 Å². The van der Waals surface area contributed by atoms with Gasteiger partial charge in [-0.15, -0.1) is 10.2 Å². The molecule has 2 aromatic rings. The van der Waals surface area contributed by atoms with E-state index < -0.39 is 10.0 Å². The zero-order valence-electron chi connectivity index (χ0n) is 14.7. The SMILES string of the molecule is CCNS(=O)(=O)c1cc(-c2ccc(N3CCCC3)nn2)ccc1CC. The molecule has 0 aliphatic carbocycles. The lowest BCUT2D eigenvalue weighted by Gasteiger charge is -2.15. The highest BCUT2D eigenvalue weighted by atomic mass is 32.2. The Morgan fingerprint density at radius 2 is 1.84 bits per heavy atom. The average Bonchev–Trinajstić information content (AvgIpc) is 3.16. The van der Waals surface area contributed by atoms with Gasteiger partial charge in [0.1, 0.15) is 0 Å². The van der Waals surface area contributed by atoms with Gasteiger partial charge in [0, 0.05) is 25.2 Å². The Bertz CT molecular complexity index is 829. The molecule has 2 heterocycles. The van der Waals surface area contributed by atoms with Crippen LogP contribution in [0.3, 0.4) is 0 Å². The molecule has 0 unspecified atom stereocenters. The molecule has 1 fully saturated rings. The quantitative estimate of drug-likeness (QED) is 0.857. The van der Waals surface area contributed by atoms with Gasteiger partial charge in [0.05, 0.1) is 10.6 Å². The predicted octanol–water partition coefficient (Wildman–Crippen LogP) is 2.60. The summed E-state index contributed by atoms with van der Waals surface area (Å²) in [5, 5.41) is 8.63. The fraction of sp³-hybridized carbons (Fsp3) is 0.444. The molecule has 1 aromatic heterocycles. The summed E-state index contributed by atoms with van der Waals surface area (Å²) in [5.41, 5.74) is 2.24. The first-order valence-corrected chi connectivity index (χ1v) is 10.2. The normalized spacial score (nSPS) is 14.9. The highest BCUT2D eigenvalue weighted by molar-refractivity contribution is 7.89. The zero-order valence-corrected chi connectivity index (χ0v) is 15.5. The van der Waals surface area contributed by atoms with Crippen LogP contribution in [0.2, 0.25) is 0 Å². The van der Waals surface area contributed by atoms with Gasteiger partial charge < -0.3 is 4.90 Å². The molecule has 1 saturated heterocycles. The van der Waals surface area contributed by atoms with E-state index in [-0.39, 0.29) is 0 Å². The molecule has 0 spiro atoms. The fourth-order valence-electron chi connectivity index (χ4n) is 3.12. The van der Waals surface area contributed by atoms with Crippen LogP contribution in [-0.4, -0.2) is 38.2 Å². The molecule has 3 rings (SSSR count). The van der Waals surface area contributed by atoms with Crippen LogP contribution < -0.4 is 9.62 Å². The molecule has 0 radical (unpaired) electrons. The highest BCUT2D eigenvalue weighted by Gasteiger charge is 2.19. The summed E-state index contributed by atoms with van der Waals surface area (Å²) in [5.74, 6) is 0.881. The van der Waals surface area contributed by atoms with Crippen molar-refractivity contribution < 1.29 is 8.42 Å². The van der Waals surface area contributed by atoms with Gasteiger partial charge in [-0.2, -0.15) is 0 Å². The van der Waals surface area contributed by atoms with E-state index in [9.17, 15) is 8.42 Å². The molecule has 1 aliphatic rings. The standard InChI is InChI=1S/C18H24N4O2S/c1-3-14-7-8-15(13-17(14)25(23,24)19-4-2)16-9-10-18(21-20-16)22-11-5-6-12-22/h7-10,13,19H,3-6,11-12H2,1-2H3. The van der Waals surface area contributed by atoms with Crippen molar-refractivity contribution in [3.8, 4) is 11.3 Å². The number of aryl methyl sites for hydroxylation is 1. The van der Waals surface area contributed by atoms with Crippen molar-refractivity contribution in [3.63, 3.8) is 0 Å². The molecule has 7 heteroatoms. The van der Waals surface area contributed by atoms with Crippen LogP contribution in [-0.2, 0) is 16.4 Å². The minimum absolute atomic E-state index is 0.319. The molecule has 25 heavy (non-hydrogen) atoms. The number of hydrogen-bond acceptors (Lipinski definition) is 5. The third-order valence-corrected chi connectivity index (χ3v) is 6.08. The molecule has 1 aromatic carbocycles. The maximum absolute atomic E-state index is 12.5. The molecule has 1 N–H and O–H groups in total. The van der Waals surface area contributed by atoms with E-state index in [1.165, 1.54) is 12.8 Å². The fourth-order valence-corrected chi connectivity index (χ4v) is 4.49. The van der Waals surface area contributed by atoms with Crippen molar-refractivity contribution in [1.29, 1.82) is 0 Å². The third-order valence-electron chi connectivity index (χ3n) is 4.45. The summed E-state index contributed by atoms with van der Waals surface area (Å²) in [6, 6.07) is 9.32. The second-order valence-electron chi connectivity index (χ2n) is 6.15. The Morgan fingerprint density at radius 1 is 1.08 bits per heavy atom. The molecule has 0 atom stereocenters. The third kappa shape index (κ3) is 3.82. The summed E-state index contributed by atoms with van der Waals surface area (Å²) in [6.07, 6.45) is 3.03. The summed E-state index contributed by atoms with van der Waals surface area (Å²) in [6.45, 7) is 6.12. The lowest BCUT2D eigenvalue weighted by atomic mass is 10.1. The van der Waals surface area contributed by atoms with E-state index in [2.05, 4.69) is 19.8 Å². The first kappa shape index (κ1) is 17.8. The van der Waals surface area contributed by atoms with E-state index in [0.29, 0.717) is 23.6 Å². The monoisotopic (exact) mass is 360 g/mol. The number of sulfonamides is 1. The maximum atomic E-state index is 12.5. The Morgan fingerprint density at radius 3 is 2.44 bits per heavy atom. The Balaban J connectivity index is 1.94. The Kier molecular flexibility index (Phi) is 5.34. The summed E-state index contributed by atoms with van der Waals surface area (Å²) < 4.78 is 27.5. The van der Waals surface area contributed by atoms with Crippen molar-refractivity contribution in [2.45, 2.75) is 38.0 Å². The van der Waals surface area contributed by atoms with Gasteiger partial charge in [-0.1, -0.05) is 26.0 Å². The second-order valence-corrected chi connectivity index (χ2v) is 7.88. The van der Waals surface area contributed by atoms with E-state index in [1.807, 2.05) is 31.2 Å². The molecule has 0 amide bonds. The second kappa shape index (κ2) is 7.49. The van der Waals surface area contributed by atoms with Crippen molar-refractivity contribution in [2.75, 3.05) is 24.5 Å². The van der Waals surface area contributed by atoms with Crippen molar-refractivity contribution in [2.24, 2.45) is 0 Å². The topological polar surface area (TPSA) is 75.2 Å². The van der Waals surface area contributed by atoms with E-state index in [0.717, 1.165) is 30.0 Å². The van der Waals surface area contributed by atoms with E-state index in [4.69, 9.17) is 0 Å². The number of anilines is 1. The average molecular weight is 360 g/mol. The van der Waals surface area contributed by atoms with Gasteiger partial charge in [0.2, 0.25) is 10.0 Å².